The quantitative estimate of drug-likeness (QED) is 0.775. The Morgan fingerprint density at radius 1 is 1.12 bits per heavy atom. The van der Waals surface area contributed by atoms with Gasteiger partial charge in [-0.1, -0.05) is 12.1 Å². The van der Waals surface area contributed by atoms with Crippen LogP contribution in [0, 0.1) is 13.8 Å². The van der Waals surface area contributed by atoms with Crippen LogP contribution in [0.4, 0.5) is 0 Å². The summed E-state index contributed by atoms with van der Waals surface area (Å²) < 4.78 is 3.76. The molecule has 0 spiro atoms. The van der Waals surface area contributed by atoms with Gasteiger partial charge in [0.05, 0.1) is 11.4 Å². The number of nitrogens with one attached hydrogen (secondary N) is 1. The van der Waals surface area contributed by atoms with Gasteiger partial charge in [0.15, 0.2) is 0 Å². The van der Waals surface area contributed by atoms with Crippen LogP contribution in [0.2, 0.25) is 0 Å². The third-order valence-corrected chi connectivity index (χ3v) is 4.23. The van der Waals surface area contributed by atoms with E-state index in [9.17, 15) is 4.79 Å². The monoisotopic (exact) mass is 350 g/mol. The van der Waals surface area contributed by atoms with E-state index >= 15 is 0 Å². The standard InChI is InChI=1S/C21H26N4O/c1-14-9-10-15(2)18(12-14)25-19(20(26)22-21(3,4)5)13-16(23-25)17-8-7-11-24(17)6/h7-13H,1-6H3,(H,22,26). The summed E-state index contributed by atoms with van der Waals surface area (Å²) in [6.45, 7) is 9.99. The van der Waals surface area contributed by atoms with Crippen molar-refractivity contribution in [2.75, 3.05) is 0 Å². The van der Waals surface area contributed by atoms with Crippen LogP contribution in [0.15, 0.2) is 42.6 Å². The first-order valence-electron chi connectivity index (χ1n) is 8.77. The van der Waals surface area contributed by atoms with Crippen molar-refractivity contribution in [2.45, 2.75) is 40.2 Å². The first-order chi connectivity index (χ1) is 12.2. The Kier molecular flexibility index (Phi) is 4.48. The predicted octanol–water partition coefficient (Wildman–Crippen LogP) is 4.02. The number of hydrogen-bond donors (Lipinski definition) is 1. The molecular weight excluding hydrogens is 324 g/mol. The van der Waals surface area contributed by atoms with Gasteiger partial charge in [-0.2, -0.15) is 5.10 Å². The van der Waals surface area contributed by atoms with Crippen LogP contribution in [-0.4, -0.2) is 25.8 Å². The highest BCUT2D eigenvalue weighted by Crippen LogP contribution is 2.24. The minimum absolute atomic E-state index is 0.133. The summed E-state index contributed by atoms with van der Waals surface area (Å²) in [5.41, 5.74) is 5.08. The van der Waals surface area contributed by atoms with Crippen molar-refractivity contribution in [1.82, 2.24) is 19.7 Å². The normalized spacial score (nSPS) is 11.6. The Morgan fingerprint density at radius 2 is 1.85 bits per heavy atom. The summed E-state index contributed by atoms with van der Waals surface area (Å²) >= 11 is 0. The van der Waals surface area contributed by atoms with Gasteiger partial charge in [-0.15, -0.1) is 0 Å². The van der Waals surface area contributed by atoms with Crippen LogP contribution >= 0.6 is 0 Å². The smallest absolute Gasteiger partial charge is 0.270 e. The molecule has 0 unspecified atom stereocenters. The second-order valence-corrected chi connectivity index (χ2v) is 7.83. The number of benzene rings is 1. The zero-order valence-corrected chi connectivity index (χ0v) is 16.3. The fraction of sp³-hybridized carbons (Fsp3) is 0.333. The van der Waals surface area contributed by atoms with Crippen molar-refractivity contribution >= 4 is 5.91 Å². The third-order valence-electron chi connectivity index (χ3n) is 4.23. The predicted molar refractivity (Wildman–Crippen MR) is 105 cm³/mol. The molecule has 2 aromatic heterocycles. The molecular formula is C21H26N4O. The molecule has 1 amide bonds. The molecule has 136 valence electrons. The van der Waals surface area contributed by atoms with Crippen LogP contribution in [0.25, 0.3) is 17.1 Å². The maximum Gasteiger partial charge on any atom is 0.270 e. The van der Waals surface area contributed by atoms with Crippen LogP contribution in [0.5, 0.6) is 0 Å². The van der Waals surface area contributed by atoms with Crippen molar-refractivity contribution < 1.29 is 4.79 Å². The van der Waals surface area contributed by atoms with Gasteiger partial charge in [0.1, 0.15) is 11.4 Å². The zero-order chi connectivity index (χ0) is 19.1. The molecule has 0 aliphatic rings. The average molecular weight is 350 g/mol. The molecule has 0 atom stereocenters. The van der Waals surface area contributed by atoms with Crippen LogP contribution in [0.1, 0.15) is 42.4 Å². The lowest BCUT2D eigenvalue weighted by molar-refractivity contribution is 0.0911. The Labute approximate surface area is 154 Å². The van der Waals surface area contributed by atoms with E-state index in [2.05, 4.69) is 23.5 Å². The average Bonchev–Trinajstić information content (AvgIpc) is 3.14. The minimum atomic E-state index is -0.320. The first-order valence-corrected chi connectivity index (χ1v) is 8.77. The fourth-order valence-corrected chi connectivity index (χ4v) is 2.93. The lowest BCUT2D eigenvalue weighted by Gasteiger charge is -2.21. The molecule has 5 heteroatoms. The zero-order valence-electron chi connectivity index (χ0n) is 16.3. The molecule has 5 nitrogen and oxygen atoms in total. The summed E-state index contributed by atoms with van der Waals surface area (Å²) in [6, 6.07) is 12.0. The van der Waals surface area contributed by atoms with Gasteiger partial charge in [-0.05, 0) is 70.0 Å². The van der Waals surface area contributed by atoms with Gasteiger partial charge in [0.25, 0.3) is 5.91 Å². The Morgan fingerprint density at radius 3 is 2.46 bits per heavy atom. The van der Waals surface area contributed by atoms with E-state index in [1.165, 1.54) is 0 Å². The van der Waals surface area contributed by atoms with Crippen molar-refractivity contribution in [3.05, 3.63) is 59.4 Å². The van der Waals surface area contributed by atoms with Gasteiger partial charge in [0, 0.05) is 18.8 Å². The fourth-order valence-electron chi connectivity index (χ4n) is 2.93. The Hall–Kier alpha value is -2.82. The van der Waals surface area contributed by atoms with Crippen LogP contribution in [0.3, 0.4) is 0 Å². The topological polar surface area (TPSA) is 51.9 Å². The van der Waals surface area contributed by atoms with Crippen molar-refractivity contribution in [1.29, 1.82) is 0 Å². The highest BCUT2D eigenvalue weighted by molar-refractivity contribution is 5.94. The van der Waals surface area contributed by atoms with E-state index in [0.717, 1.165) is 28.2 Å². The third kappa shape index (κ3) is 3.57. The van der Waals surface area contributed by atoms with E-state index in [-0.39, 0.29) is 11.4 Å². The number of nitrogens with zero attached hydrogens (tertiary/aromatic N) is 3. The van der Waals surface area contributed by atoms with E-state index in [0.29, 0.717) is 5.69 Å². The summed E-state index contributed by atoms with van der Waals surface area (Å²) in [5, 5.41) is 7.82. The van der Waals surface area contributed by atoms with Crippen molar-refractivity contribution in [3.8, 4) is 17.1 Å². The van der Waals surface area contributed by atoms with E-state index in [1.807, 2.05) is 70.6 Å². The van der Waals surface area contributed by atoms with Gasteiger partial charge in [-0.3, -0.25) is 4.79 Å². The summed E-state index contributed by atoms with van der Waals surface area (Å²) in [5.74, 6) is -0.133. The maximum absolute atomic E-state index is 12.9. The van der Waals surface area contributed by atoms with Crippen molar-refractivity contribution in [2.24, 2.45) is 7.05 Å². The molecule has 3 aromatic rings. The second-order valence-electron chi connectivity index (χ2n) is 7.83. The van der Waals surface area contributed by atoms with Gasteiger partial charge >= 0.3 is 0 Å². The summed E-state index contributed by atoms with van der Waals surface area (Å²) in [6.07, 6.45) is 1.97. The number of rotatable bonds is 3. The molecule has 0 saturated heterocycles. The number of amides is 1. The minimum Gasteiger partial charge on any atom is -0.349 e. The van der Waals surface area contributed by atoms with Gasteiger partial charge in [-0.25, -0.2) is 4.68 Å². The number of aromatic nitrogens is 3. The Balaban J connectivity index is 2.18. The van der Waals surface area contributed by atoms with E-state index < -0.39 is 0 Å². The molecule has 1 N–H and O–H groups in total. The van der Waals surface area contributed by atoms with E-state index in [1.54, 1.807) is 4.68 Å². The molecule has 0 radical (unpaired) electrons. The highest BCUT2D eigenvalue weighted by atomic mass is 16.2. The van der Waals surface area contributed by atoms with Crippen molar-refractivity contribution in [3.63, 3.8) is 0 Å². The van der Waals surface area contributed by atoms with Crippen LogP contribution < -0.4 is 5.32 Å². The molecule has 0 aliphatic heterocycles. The lowest BCUT2D eigenvalue weighted by Crippen LogP contribution is -2.41. The number of carbonyl (C=O) groups excluding carboxylic acids is 1. The van der Waals surface area contributed by atoms with Crippen LogP contribution in [-0.2, 0) is 7.05 Å². The summed E-state index contributed by atoms with van der Waals surface area (Å²) in [7, 11) is 1.97. The van der Waals surface area contributed by atoms with Gasteiger partial charge < -0.3 is 9.88 Å². The largest absolute Gasteiger partial charge is 0.349 e. The SMILES string of the molecule is Cc1ccc(C)c(-n2nc(-c3cccn3C)cc2C(=O)NC(C)(C)C)c1. The molecule has 2 heterocycles. The molecule has 0 fully saturated rings. The van der Waals surface area contributed by atoms with E-state index in [4.69, 9.17) is 5.10 Å². The number of hydrogen-bond acceptors (Lipinski definition) is 2. The first kappa shape index (κ1) is 18.0. The molecule has 0 aliphatic carbocycles. The highest BCUT2D eigenvalue weighted by Gasteiger charge is 2.23. The molecule has 0 saturated carbocycles. The maximum atomic E-state index is 12.9. The molecule has 0 bridgehead atoms. The number of carbonyl (C=O) groups is 1. The number of aryl methyl sites for hydroxylation is 3. The second kappa shape index (κ2) is 6.48. The van der Waals surface area contributed by atoms with Gasteiger partial charge in [0.2, 0.25) is 0 Å². The lowest BCUT2D eigenvalue weighted by atomic mass is 10.1. The molecule has 1 aromatic carbocycles. The Bertz CT molecular complexity index is 957. The molecule has 3 rings (SSSR count). The molecule has 26 heavy (non-hydrogen) atoms. The summed E-state index contributed by atoms with van der Waals surface area (Å²) in [4.78, 5) is 12.9.